The van der Waals surface area contributed by atoms with Crippen LogP contribution in [0, 0.1) is 0 Å². The van der Waals surface area contributed by atoms with E-state index in [4.69, 9.17) is 0 Å². The average Bonchev–Trinajstić information content (AvgIpc) is 3.14. The Morgan fingerprint density at radius 3 is 2.91 bits per heavy atom. The van der Waals surface area contributed by atoms with Crippen LogP contribution < -0.4 is 5.32 Å². The number of aromatic hydroxyl groups is 1. The molecule has 0 aliphatic heterocycles. The molecule has 3 rings (SSSR count). The Morgan fingerprint density at radius 1 is 1.36 bits per heavy atom. The van der Waals surface area contributed by atoms with Crippen molar-refractivity contribution >= 4 is 17.8 Å². The minimum atomic E-state index is 0.00736. The van der Waals surface area contributed by atoms with Crippen molar-refractivity contribution in [3.05, 3.63) is 29.3 Å². The zero-order chi connectivity index (χ0) is 15.7. The van der Waals surface area contributed by atoms with Gasteiger partial charge in [-0.25, -0.2) is 4.79 Å². The molecule has 1 fully saturated rings. The highest BCUT2D eigenvalue weighted by Gasteiger charge is 2.32. The fourth-order valence-electron chi connectivity index (χ4n) is 3.68. The molecule has 1 saturated carbocycles. The van der Waals surface area contributed by atoms with Gasteiger partial charge in [-0.15, -0.1) is 0 Å². The number of hydrogen-bond acceptors (Lipinski definition) is 3. The van der Waals surface area contributed by atoms with Crippen LogP contribution in [0.4, 0.5) is 4.79 Å². The molecule has 0 heterocycles. The van der Waals surface area contributed by atoms with Crippen molar-refractivity contribution in [2.24, 2.45) is 0 Å². The predicted molar refractivity (Wildman–Crippen MR) is 90.4 cm³/mol. The lowest BCUT2D eigenvalue weighted by Gasteiger charge is -2.27. The minimum absolute atomic E-state index is 0.00736. The highest BCUT2D eigenvalue weighted by Crippen LogP contribution is 2.36. The van der Waals surface area contributed by atoms with Gasteiger partial charge in [-0.1, -0.05) is 12.1 Å². The van der Waals surface area contributed by atoms with Gasteiger partial charge < -0.3 is 15.3 Å². The Labute approximate surface area is 136 Å². The Bertz CT molecular complexity index is 564. The molecule has 0 bridgehead atoms. The summed E-state index contributed by atoms with van der Waals surface area (Å²) in [6, 6.07) is 5.95. The van der Waals surface area contributed by atoms with Gasteiger partial charge in [0.05, 0.1) is 6.04 Å². The molecule has 1 aromatic rings. The largest absolute Gasteiger partial charge is 0.508 e. The van der Waals surface area contributed by atoms with E-state index in [9.17, 15) is 9.90 Å². The maximum Gasteiger partial charge on any atom is 0.317 e. The summed E-state index contributed by atoms with van der Waals surface area (Å²) in [5.74, 6) is 0.348. The second-order valence-corrected chi connectivity index (χ2v) is 7.46. The number of nitrogens with zero attached hydrogens (tertiary/aromatic N) is 1. The topological polar surface area (TPSA) is 52.6 Å². The lowest BCUT2D eigenvalue weighted by molar-refractivity contribution is 0.187. The monoisotopic (exact) mass is 320 g/mol. The first-order valence-electron chi connectivity index (χ1n) is 7.97. The van der Waals surface area contributed by atoms with Gasteiger partial charge in [-0.3, -0.25) is 0 Å². The molecule has 120 valence electrons. The highest BCUT2D eigenvalue weighted by atomic mass is 32.2. The summed E-state index contributed by atoms with van der Waals surface area (Å²) in [6.07, 6.45) is 7.22. The number of amides is 2. The third-order valence-corrected chi connectivity index (χ3v) is 6.20. The van der Waals surface area contributed by atoms with E-state index in [1.165, 1.54) is 6.42 Å². The molecule has 2 aliphatic rings. The third kappa shape index (κ3) is 2.91. The Hall–Kier alpha value is -1.36. The molecule has 3 unspecified atom stereocenters. The molecule has 5 heteroatoms. The van der Waals surface area contributed by atoms with Crippen molar-refractivity contribution in [3.63, 3.8) is 0 Å². The molecule has 2 amide bonds. The molecular weight excluding hydrogens is 296 g/mol. The molecule has 0 aromatic heterocycles. The summed E-state index contributed by atoms with van der Waals surface area (Å²) in [6.45, 7) is 0. The van der Waals surface area contributed by atoms with E-state index in [0.717, 1.165) is 36.8 Å². The molecular formula is C17H24N2O2S. The standard InChI is InChI=1S/C17H24N2O2S/c1-19(11-6-7-12(10-11)22-2)17(21)18-15-9-8-14-13(15)4-3-5-16(14)20/h3-5,11-12,15,20H,6-10H2,1-2H3,(H,18,21). The van der Waals surface area contributed by atoms with E-state index in [0.29, 0.717) is 17.0 Å². The number of benzene rings is 1. The Morgan fingerprint density at radius 2 is 2.18 bits per heavy atom. The number of thioether (sulfide) groups is 1. The second-order valence-electron chi connectivity index (χ2n) is 6.32. The molecule has 22 heavy (non-hydrogen) atoms. The second kappa shape index (κ2) is 6.41. The molecule has 0 saturated heterocycles. The average molecular weight is 320 g/mol. The van der Waals surface area contributed by atoms with Crippen molar-refractivity contribution in [2.45, 2.75) is 49.4 Å². The van der Waals surface area contributed by atoms with Crippen LogP contribution in [0.1, 0.15) is 42.9 Å². The number of nitrogens with one attached hydrogen (secondary N) is 1. The van der Waals surface area contributed by atoms with E-state index in [1.807, 2.05) is 35.8 Å². The highest BCUT2D eigenvalue weighted by molar-refractivity contribution is 7.99. The van der Waals surface area contributed by atoms with Crippen LogP contribution in [0.25, 0.3) is 0 Å². The zero-order valence-electron chi connectivity index (χ0n) is 13.2. The summed E-state index contributed by atoms with van der Waals surface area (Å²) in [7, 11) is 1.90. The van der Waals surface area contributed by atoms with Crippen molar-refractivity contribution < 1.29 is 9.90 Å². The molecule has 4 nitrogen and oxygen atoms in total. The summed E-state index contributed by atoms with van der Waals surface area (Å²) in [4.78, 5) is 14.4. The maximum absolute atomic E-state index is 12.5. The van der Waals surface area contributed by atoms with Gasteiger partial charge in [-0.05, 0) is 55.6 Å². The fourth-order valence-corrected chi connectivity index (χ4v) is 4.47. The van der Waals surface area contributed by atoms with Crippen LogP contribution in [-0.4, -0.2) is 40.6 Å². The van der Waals surface area contributed by atoms with Crippen LogP contribution in [-0.2, 0) is 6.42 Å². The smallest absolute Gasteiger partial charge is 0.317 e. The van der Waals surface area contributed by atoms with Gasteiger partial charge in [0.1, 0.15) is 5.75 Å². The van der Waals surface area contributed by atoms with Crippen molar-refractivity contribution in [1.82, 2.24) is 10.2 Å². The maximum atomic E-state index is 12.5. The molecule has 1 aromatic carbocycles. The predicted octanol–water partition coefficient (Wildman–Crippen LogP) is 3.31. The zero-order valence-corrected chi connectivity index (χ0v) is 14.0. The molecule has 2 aliphatic carbocycles. The van der Waals surface area contributed by atoms with E-state index >= 15 is 0 Å². The summed E-state index contributed by atoms with van der Waals surface area (Å²) < 4.78 is 0. The first kappa shape index (κ1) is 15.5. The molecule has 0 spiro atoms. The van der Waals surface area contributed by atoms with E-state index in [2.05, 4.69) is 11.6 Å². The van der Waals surface area contributed by atoms with Gasteiger partial charge in [0.25, 0.3) is 0 Å². The number of phenols is 1. The van der Waals surface area contributed by atoms with Crippen LogP contribution in [0.5, 0.6) is 5.75 Å². The number of urea groups is 1. The lowest BCUT2D eigenvalue weighted by atomic mass is 10.1. The first-order valence-corrected chi connectivity index (χ1v) is 9.25. The Kier molecular flexibility index (Phi) is 4.52. The van der Waals surface area contributed by atoms with Crippen LogP contribution in [0.3, 0.4) is 0 Å². The lowest BCUT2D eigenvalue weighted by Crippen LogP contribution is -2.43. The van der Waals surface area contributed by atoms with Gasteiger partial charge in [0, 0.05) is 18.3 Å². The number of fused-ring (bicyclic) bond motifs is 1. The molecule has 0 radical (unpaired) electrons. The van der Waals surface area contributed by atoms with E-state index in [1.54, 1.807) is 6.07 Å². The quantitative estimate of drug-likeness (QED) is 0.898. The fraction of sp³-hybridized carbons (Fsp3) is 0.588. The number of carbonyl (C=O) groups excluding carboxylic acids is 1. The van der Waals surface area contributed by atoms with Crippen molar-refractivity contribution in [1.29, 1.82) is 0 Å². The minimum Gasteiger partial charge on any atom is -0.508 e. The van der Waals surface area contributed by atoms with Gasteiger partial charge in [-0.2, -0.15) is 11.8 Å². The van der Waals surface area contributed by atoms with Gasteiger partial charge >= 0.3 is 6.03 Å². The SMILES string of the molecule is CSC1CCC(N(C)C(=O)NC2CCc3c(O)cccc32)C1. The van der Waals surface area contributed by atoms with E-state index < -0.39 is 0 Å². The van der Waals surface area contributed by atoms with Gasteiger partial charge in [0.15, 0.2) is 0 Å². The van der Waals surface area contributed by atoms with E-state index in [-0.39, 0.29) is 12.1 Å². The van der Waals surface area contributed by atoms with Crippen molar-refractivity contribution in [2.75, 3.05) is 13.3 Å². The number of carbonyl (C=O) groups is 1. The van der Waals surface area contributed by atoms with Crippen LogP contribution >= 0.6 is 11.8 Å². The summed E-state index contributed by atoms with van der Waals surface area (Å²) >= 11 is 1.90. The van der Waals surface area contributed by atoms with Gasteiger partial charge in [0.2, 0.25) is 0 Å². The molecule has 3 atom stereocenters. The third-order valence-electron chi connectivity index (χ3n) is 5.10. The van der Waals surface area contributed by atoms with Crippen molar-refractivity contribution in [3.8, 4) is 5.75 Å². The summed E-state index contributed by atoms with van der Waals surface area (Å²) in [5, 5.41) is 13.7. The number of rotatable bonds is 3. The number of phenolic OH excluding ortho intramolecular Hbond substituents is 1. The van der Waals surface area contributed by atoms with Crippen LogP contribution in [0.2, 0.25) is 0 Å². The normalized spacial score (nSPS) is 26.7. The number of hydrogen-bond donors (Lipinski definition) is 2. The first-order chi connectivity index (χ1) is 10.6. The van der Waals surface area contributed by atoms with Crippen LogP contribution in [0.15, 0.2) is 18.2 Å². The Balaban J connectivity index is 1.63. The summed E-state index contributed by atoms with van der Waals surface area (Å²) in [5.41, 5.74) is 2.05. The molecule has 2 N–H and O–H groups in total.